The molecule has 0 spiro atoms. The van der Waals surface area contributed by atoms with Gasteiger partial charge in [-0.1, -0.05) is 44.9 Å². The standard InChI is InChI=1S/C16H20N2O/c1-3-11(4-2)9-16(19)15-10-13(17)12-7-5-6-8-14(12)18-15/h5-8,10-11H,3-4,9H2,1-2H3,(H2,17,18). The Bertz CT molecular complexity index is 588. The zero-order valence-electron chi connectivity index (χ0n) is 11.5. The molecule has 3 heteroatoms. The molecule has 2 N–H and O–H groups in total. The normalized spacial score (nSPS) is 11.1. The van der Waals surface area contributed by atoms with Crippen LogP contribution < -0.4 is 5.73 Å². The number of nitrogen functional groups attached to an aromatic ring is 1. The number of hydrogen-bond donors (Lipinski definition) is 1. The number of carbonyl (C=O) groups is 1. The number of para-hydroxylation sites is 1. The zero-order valence-corrected chi connectivity index (χ0v) is 11.5. The summed E-state index contributed by atoms with van der Waals surface area (Å²) in [5.41, 5.74) is 7.90. The van der Waals surface area contributed by atoms with Crippen molar-refractivity contribution >= 4 is 22.4 Å². The molecule has 0 aliphatic heterocycles. The molecular formula is C16H20N2O. The molecule has 2 aromatic rings. The number of pyridine rings is 1. The number of hydrogen-bond acceptors (Lipinski definition) is 3. The predicted octanol–water partition coefficient (Wildman–Crippen LogP) is 3.83. The molecule has 0 aliphatic rings. The summed E-state index contributed by atoms with van der Waals surface area (Å²) in [7, 11) is 0. The fourth-order valence-corrected chi connectivity index (χ4v) is 2.29. The van der Waals surface area contributed by atoms with Gasteiger partial charge < -0.3 is 5.73 Å². The van der Waals surface area contributed by atoms with Crippen molar-refractivity contribution in [3.05, 3.63) is 36.0 Å². The number of anilines is 1. The van der Waals surface area contributed by atoms with Gasteiger partial charge in [0.05, 0.1) is 5.52 Å². The lowest BCUT2D eigenvalue weighted by Gasteiger charge is -2.11. The van der Waals surface area contributed by atoms with Crippen LogP contribution in [0.5, 0.6) is 0 Å². The Labute approximate surface area is 113 Å². The Morgan fingerprint density at radius 3 is 2.63 bits per heavy atom. The molecule has 19 heavy (non-hydrogen) atoms. The highest BCUT2D eigenvalue weighted by Crippen LogP contribution is 2.22. The van der Waals surface area contributed by atoms with Gasteiger partial charge in [-0.3, -0.25) is 4.79 Å². The van der Waals surface area contributed by atoms with Gasteiger partial charge in [-0.05, 0) is 18.1 Å². The monoisotopic (exact) mass is 256 g/mol. The second-order valence-corrected chi connectivity index (χ2v) is 4.92. The summed E-state index contributed by atoms with van der Waals surface area (Å²) in [4.78, 5) is 16.7. The summed E-state index contributed by atoms with van der Waals surface area (Å²) in [5.74, 6) is 0.521. The number of aromatic nitrogens is 1. The molecule has 0 atom stereocenters. The first kappa shape index (κ1) is 13.5. The Morgan fingerprint density at radius 1 is 1.26 bits per heavy atom. The highest BCUT2D eigenvalue weighted by Gasteiger charge is 2.15. The van der Waals surface area contributed by atoms with Crippen molar-refractivity contribution in [2.45, 2.75) is 33.1 Å². The van der Waals surface area contributed by atoms with E-state index in [1.807, 2.05) is 24.3 Å². The van der Waals surface area contributed by atoms with Crippen molar-refractivity contribution in [1.82, 2.24) is 4.98 Å². The van der Waals surface area contributed by atoms with Crippen LogP contribution in [0.3, 0.4) is 0 Å². The molecule has 1 heterocycles. The highest BCUT2D eigenvalue weighted by atomic mass is 16.1. The third-order valence-corrected chi connectivity index (χ3v) is 3.66. The van der Waals surface area contributed by atoms with Gasteiger partial charge in [-0.2, -0.15) is 0 Å². The van der Waals surface area contributed by atoms with Crippen molar-refractivity contribution < 1.29 is 4.79 Å². The molecule has 0 unspecified atom stereocenters. The van der Waals surface area contributed by atoms with E-state index in [1.165, 1.54) is 0 Å². The molecule has 2 rings (SSSR count). The lowest BCUT2D eigenvalue weighted by molar-refractivity contribution is 0.0954. The van der Waals surface area contributed by atoms with E-state index in [-0.39, 0.29) is 5.78 Å². The molecule has 1 aromatic heterocycles. The van der Waals surface area contributed by atoms with Crippen LogP contribution in [0.25, 0.3) is 10.9 Å². The van der Waals surface area contributed by atoms with Gasteiger partial charge in [0.15, 0.2) is 5.78 Å². The SMILES string of the molecule is CCC(CC)CC(=O)c1cc(N)c2ccccc2n1. The minimum atomic E-state index is 0.0890. The number of fused-ring (bicyclic) bond motifs is 1. The van der Waals surface area contributed by atoms with Crippen LogP contribution in [0.15, 0.2) is 30.3 Å². The number of nitrogens with two attached hydrogens (primary N) is 1. The molecule has 0 saturated carbocycles. The topological polar surface area (TPSA) is 56.0 Å². The largest absolute Gasteiger partial charge is 0.398 e. The maximum Gasteiger partial charge on any atom is 0.181 e. The molecule has 0 fully saturated rings. The van der Waals surface area contributed by atoms with Crippen molar-refractivity contribution in [1.29, 1.82) is 0 Å². The van der Waals surface area contributed by atoms with Crippen LogP contribution in [0.1, 0.15) is 43.6 Å². The Hall–Kier alpha value is -1.90. The quantitative estimate of drug-likeness (QED) is 0.827. The van der Waals surface area contributed by atoms with Crippen LogP contribution in [0.4, 0.5) is 5.69 Å². The van der Waals surface area contributed by atoms with Gasteiger partial charge in [0.1, 0.15) is 5.69 Å². The van der Waals surface area contributed by atoms with E-state index in [2.05, 4.69) is 18.8 Å². The minimum absolute atomic E-state index is 0.0890. The molecule has 3 nitrogen and oxygen atoms in total. The third-order valence-electron chi connectivity index (χ3n) is 3.66. The smallest absolute Gasteiger partial charge is 0.181 e. The molecule has 0 amide bonds. The Kier molecular flexibility index (Phi) is 4.15. The predicted molar refractivity (Wildman–Crippen MR) is 79.2 cm³/mol. The number of carbonyl (C=O) groups excluding carboxylic acids is 1. The molecule has 0 bridgehead atoms. The van der Waals surface area contributed by atoms with Crippen molar-refractivity contribution in [2.75, 3.05) is 5.73 Å². The van der Waals surface area contributed by atoms with Crippen molar-refractivity contribution in [3.63, 3.8) is 0 Å². The summed E-state index contributed by atoms with van der Waals surface area (Å²) in [6.07, 6.45) is 2.59. The van der Waals surface area contributed by atoms with Crippen molar-refractivity contribution in [3.8, 4) is 0 Å². The van der Waals surface area contributed by atoms with Crippen LogP contribution in [0, 0.1) is 5.92 Å². The Balaban J connectivity index is 2.32. The van der Waals surface area contributed by atoms with Crippen LogP contribution in [0.2, 0.25) is 0 Å². The van der Waals surface area contributed by atoms with E-state index < -0.39 is 0 Å². The summed E-state index contributed by atoms with van der Waals surface area (Å²) in [5, 5.41) is 0.904. The summed E-state index contributed by atoms with van der Waals surface area (Å²) in [6.45, 7) is 4.23. The molecular weight excluding hydrogens is 236 g/mol. The average molecular weight is 256 g/mol. The second kappa shape index (κ2) is 5.83. The lowest BCUT2D eigenvalue weighted by Crippen LogP contribution is -2.10. The fourth-order valence-electron chi connectivity index (χ4n) is 2.29. The zero-order chi connectivity index (χ0) is 13.8. The van der Waals surface area contributed by atoms with Crippen LogP contribution in [-0.4, -0.2) is 10.8 Å². The first-order chi connectivity index (χ1) is 9.15. The summed E-state index contributed by atoms with van der Waals surface area (Å²) < 4.78 is 0. The van der Waals surface area contributed by atoms with Gasteiger partial charge in [-0.15, -0.1) is 0 Å². The van der Waals surface area contributed by atoms with E-state index in [0.29, 0.717) is 23.7 Å². The lowest BCUT2D eigenvalue weighted by atomic mass is 9.95. The van der Waals surface area contributed by atoms with Crippen LogP contribution >= 0.6 is 0 Å². The number of rotatable bonds is 5. The minimum Gasteiger partial charge on any atom is -0.398 e. The summed E-state index contributed by atoms with van der Waals surface area (Å²) in [6, 6.07) is 9.34. The molecule has 0 radical (unpaired) electrons. The van der Waals surface area contributed by atoms with E-state index in [1.54, 1.807) is 6.07 Å². The van der Waals surface area contributed by atoms with Crippen LogP contribution in [-0.2, 0) is 0 Å². The average Bonchev–Trinajstić information content (AvgIpc) is 2.44. The molecule has 0 aliphatic carbocycles. The van der Waals surface area contributed by atoms with E-state index in [0.717, 1.165) is 23.7 Å². The second-order valence-electron chi connectivity index (χ2n) is 4.92. The number of Topliss-reactive ketones (excluding diaryl/α,β-unsaturated/α-hetero) is 1. The van der Waals surface area contributed by atoms with E-state index >= 15 is 0 Å². The molecule has 0 saturated heterocycles. The first-order valence-electron chi connectivity index (χ1n) is 6.84. The van der Waals surface area contributed by atoms with Gasteiger partial charge in [0.2, 0.25) is 0 Å². The highest BCUT2D eigenvalue weighted by molar-refractivity contribution is 6.00. The van der Waals surface area contributed by atoms with Gasteiger partial charge >= 0.3 is 0 Å². The molecule has 1 aromatic carbocycles. The molecule has 100 valence electrons. The summed E-state index contributed by atoms with van der Waals surface area (Å²) >= 11 is 0. The third kappa shape index (κ3) is 2.92. The van der Waals surface area contributed by atoms with Gasteiger partial charge in [-0.25, -0.2) is 4.98 Å². The van der Waals surface area contributed by atoms with Gasteiger partial charge in [0, 0.05) is 17.5 Å². The number of ketones is 1. The van der Waals surface area contributed by atoms with Crippen molar-refractivity contribution in [2.24, 2.45) is 5.92 Å². The fraction of sp³-hybridized carbons (Fsp3) is 0.375. The van der Waals surface area contributed by atoms with E-state index in [9.17, 15) is 4.79 Å². The number of benzene rings is 1. The maximum atomic E-state index is 12.3. The van der Waals surface area contributed by atoms with Gasteiger partial charge in [0.25, 0.3) is 0 Å². The van der Waals surface area contributed by atoms with E-state index in [4.69, 9.17) is 5.73 Å². The Morgan fingerprint density at radius 2 is 1.95 bits per heavy atom. The maximum absolute atomic E-state index is 12.3. The number of nitrogens with zero attached hydrogens (tertiary/aromatic N) is 1. The first-order valence-corrected chi connectivity index (χ1v) is 6.84.